The van der Waals surface area contributed by atoms with Crippen molar-refractivity contribution < 1.29 is 14.4 Å². The Balaban J connectivity index is 2.05. The first-order chi connectivity index (χ1) is 14.7. The maximum Gasteiger partial charge on any atom is 0.242 e. The van der Waals surface area contributed by atoms with E-state index in [1.165, 1.54) is 88.4 Å². The molecule has 0 unspecified atom stereocenters. The summed E-state index contributed by atoms with van der Waals surface area (Å²) in [6.07, 6.45) is 20.8. The highest BCUT2D eigenvalue weighted by atomic mass is 16.2. The Labute approximate surface area is 191 Å². The molecule has 0 spiro atoms. The third-order valence-electron chi connectivity index (χ3n) is 6.93. The Hall–Kier alpha value is -1.19. The van der Waals surface area contributed by atoms with E-state index in [4.69, 9.17) is 0 Å². The van der Waals surface area contributed by atoms with Crippen LogP contribution in [0.4, 0.5) is 0 Å². The zero-order valence-corrected chi connectivity index (χ0v) is 21.2. The van der Waals surface area contributed by atoms with Crippen LogP contribution in [0.15, 0.2) is 0 Å². The predicted molar refractivity (Wildman–Crippen MR) is 129 cm³/mol. The van der Waals surface area contributed by atoms with E-state index in [-0.39, 0.29) is 17.6 Å². The lowest BCUT2D eigenvalue weighted by Gasteiger charge is -2.42. The number of likely N-dealkylation sites (tertiary alicyclic amines) is 1. The highest BCUT2D eigenvalue weighted by Gasteiger charge is 2.56. The standard InChI is InChI=1S/C27H49NO3/c1-6-7-8-9-10-11-12-13-14-15-16-17-18-19-20-21-22-28-24(30)26(2,3)23(29)27(4,5)25(28)31/h6-22H2,1-5H3. The third kappa shape index (κ3) is 8.69. The van der Waals surface area contributed by atoms with Crippen LogP contribution in [0.2, 0.25) is 0 Å². The number of hydrogen-bond acceptors (Lipinski definition) is 3. The normalized spacial score (nSPS) is 18.1. The molecule has 0 atom stereocenters. The van der Waals surface area contributed by atoms with Gasteiger partial charge in [0.15, 0.2) is 5.78 Å². The maximum absolute atomic E-state index is 12.6. The SMILES string of the molecule is CCCCCCCCCCCCCCCCCCN1C(=O)C(C)(C)C(=O)C(C)(C)C1=O. The number of carbonyl (C=O) groups is 3. The van der Waals surface area contributed by atoms with Crippen LogP contribution >= 0.6 is 0 Å². The summed E-state index contributed by atoms with van der Waals surface area (Å²) in [5.41, 5.74) is -2.21. The summed E-state index contributed by atoms with van der Waals surface area (Å²) in [5.74, 6) is -0.927. The summed E-state index contributed by atoms with van der Waals surface area (Å²) < 4.78 is 0. The van der Waals surface area contributed by atoms with Gasteiger partial charge in [0.1, 0.15) is 10.8 Å². The molecule has 1 aliphatic rings. The van der Waals surface area contributed by atoms with Gasteiger partial charge < -0.3 is 0 Å². The number of piperidine rings is 1. The smallest absolute Gasteiger partial charge is 0.242 e. The number of carbonyl (C=O) groups excluding carboxylic acids is 3. The highest BCUT2D eigenvalue weighted by Crippen LogP contribution is 2.38. The summed E-state index contributed by atoms with van der Waals surface area (Å²) in [5, 5.41) is 0. The minimum Gasteiger partial charge on any atom is -0.297 e. The summed E-state index contributed by atoms with van der Waals surface area (Å²) >= 11 is 0. The number of nitrogens with zero attached hydrogens (tertiary/aromatic N) is 1. The molecule has 2 amide bonds. The molecule has 0 bridgehead atoms. The van der Waals surface area contributed by atoms with Crippen LogP contribution in [0.5, 0.6) is 0 Å². The largest absolute Gasteiger partial charge is 0.297 e. The summed E-state index contributed by atoms with van der Waals surface area (Å²) in [6, 6.07) is 0. The van der Waals surface area contributed by atoms with Crippen LogP contribution in [0.25, 0.3) is 0 Å². The van der Waals surface area contributed by atoms with Crippen LogP contribution in [0.3, 0.4) is 0 Å². The molecular formula is C27H49NO3. The summed E-state index contributed by atoms with van der Waals surface area (Å²) in [6.45, 7) is 9.29. The lowest BCUT2D eigenvalue weighted by Crippen LogP contribution is -2.62. The molecule has 0 radical (unpaired) electrons. The number of unbranched alkanes of at least 4 members (excludes halogenated alkanes) is 15. The molecule has 1 saturated heterocycles. The fraction of sp³-hybridized carbons (Fsp3) is 0.889. The fourth-order valence-electron chi connectivity index (χ4n) is 4.76. The summed E-state index contributed by atoms with van der Waals surface area (Å²) in [7, 11) is 0. The lowest BCUT2D eigenvalue weighted by molar-refractivity contribution is -0.170. The van der Waals surface area contributed by atoms with Gasteiger partial charge in [-0.05, 0) is 34.1 Å². The minimum atomic E-state index is -1.10. The quantitative estimate of drug-likeness (QED) is 0.137. The van der Waals surface area contributed by atoms with Gasteiger partial charge in [-0.3, -0.25) is 19.3 Å². The zero-order chi connectivity index (χ0) is 23.3. The van der Waals surface area contributed by atoms with E-state index in [1.54, 1.807) is 27.7 Å². The maximum atomic E-state index is 12.6. The topological polar surface area (TPSA) is 54.5 Å². The van der Waals surface area contributed by atoms with E-state index in [0.717, 1.165) is 19.3 Å². The monoisotopic (exact) mass is 435 g/mol. The van der Waals surface area contributed by atoms with E-state index >= 15 is 0 Å². The Morgan fingerprint density at radius 2 is 0.806 bits per heavy atom. The van der Waals surface area contributed by atoms with E-state index in [9.17, 15) is 14.4 Å². The highest BCUT2D eigenvalue weighted by molar-refractivity contribution is 6.24. The zero-order valence-electron chi connectivity index (χ0n) is 21.2. The van der Waals surface area contributed by atoms with E-state index in [1.807, 2.05) is 0 Å². The molecule has 0 aliphatic carbocycles. The van der Waals surface area contributed by atoms with Crippen molar-refractivity contribution >= 4 is 17.6 Å². The Morgan fingerprint density at radius 1 is 0.516 bits per heavy atom. The van der Waals surface area contributed by atoms with Crippen molar-refractivity contribution in [2.24, 2.45) is 10.8 Å². The first kappa shape index (κ1) is 27.8. The van der Waals surface area contributed by atoms with Crippen LogP contribution in [-0.2, 0) is 14.4 Å². The van der Waals surface area contributed by atoms with Gasteiger partial charge in [0, 0.05) is 6.54 Å². The second-order valence-electron chi connectivity index (χ2n) is 10.6. The molecule has 0 aromatic carbocycles. The van der Waals surface area contributed by atoms with Gasteiger partial charge in [0.25, 0.3) is 0 Å². The molecule has 180 valence electrons. The lowest BCUT2D eigenvalue weighted by atomic mass is 9.68. The van der Waals surface area contributed by atoms with Crippen molar-refractivity contribution in [1.82, 2.24) is 4.90 Å². The van der Waals surface area contributed by atoms with E-state index in [2.05, 4.69) is 6.92 Å². The molecule has 1 heterocycles. The second kappa shape index (κ2) is 14.1. The first-order valence-electron chi connectivity index (χ1n) is 13.1. The number of amides is 2. The first-order valence-corrected chi connectivity index (χ1v) is 13.1. The molecule has 31 heavy (non-hydrogen) atoms. The van der Waals surface area contributed by atoms with Gasteiger partial charge in [-0.25, -0.2) is 0 Å². The molecular weight excluding hydrogens is 386 g/mol. The van der Waals surface area contributed by atoms with E-state index in [0.29, 0.717) is 6.54 Å². The van der Waals surface area contributed by atoms with Crippen LogP contribution < -0.4 is 0 Å². The minimum absolute atomic E-state index is 0.266. The molecule has 1 fully saturated rings. The van der Waals surface area contributed by atoms with Crippen molar-refractivity contribution in [3.63, 3.8) is 0 Å². The predicted octanol–water partition coefficient (Wildman–Crippen LogP) is 7.24. The van der Waals surface area contributed by atoms with Gasteiger partial charge in [0.05, 0.1) is 0 Å². The molecule has 4 heteroatoms. The Bertz CT molecular complexity index is 535. The number of ketones is 1. The van der Waals surface area contributed by atoms with Crippen molar-refractivity contribution in [1.29, 1.82) is 0 Å². The van der Waals surface area contributed by atoms with Crippen LogP contribution in [0, 0.1) is 10.8 Å². The van der Waals surface area contributed by atoms with Gasteiger partial charge in [-0.1, -0.05) is 103 Å². The molecule has 4 nitrogen and oxygen atoms in total. The second-order valence-corrected chi connectivity index (χ2v) is 10.6. The van der Waals surface area contributed by atoms with Crippen molar-refractivity contribution in [2.45, 2.75) is 137 Å². The molecule has 0 aromatic rings. The van der Waals surface area contributed by atoms with Gasteiger partial charge in [0.2, 0.25) is 11.8 Å². The number of Topliss-reactive ketones (excluding diaryl/α,β-unsaturated/α-hetero) is 1. The Morgan fingerprint density at radius 3 is 1.13 bits per heavy atom. The number of imide groups is 1. The molecule has 0 saturated carbocycles. The fourth-order valence-corrected chi connectivity index (χ4v) is 4.76. The van der Waals surface area contributed by atoms with Gasteiger partial charge in [-0.15, -0.1) is 0 Å². The molecule has 0 aromatic heterocycles. The van der Waals surface area contributed by atoms with Gasteiger partial charge >= 0.3 is 0 Å². The Kier molecular flexibility index (Phi) is 12.6. The molecule has 1 rings (SSSR count). The number of hydrogen-bond donors (Lipinski definition) is 0. The van der Waals surface area contributed by atoms with Crippen molar-refractivity contribution in [3.05, 3.63) is 0 Å². The average molecular weight is 436 g/mol. The molecule has 1 aliphatic heterocycles. The average Bonchev–Trinajstić information content (AvgIpc) is 2.73. The van der Waals surface area contributed by atoms with Crippen molar-refractivity contribution in [2.75, 3.05) is 6.54 Å². The van der Waals surface area contributed by atoms with E-state index < -0.39 is 10.8 Å². The van der Waals surface area contributed by atoms with Crippen LogP contribution in [-0.4, -0.2) is 29.0 Å². The molecule has 0 N–H and O–H groups in total. The number of rotatable bonds is 17. The van der Waals surface area contributed by atoms with Crippen molar-refractivity contribution in [3.8, 4) is 0 Å². The summed E-state index contributed by atoms with van der Waals surface area (Å²) in [4.78, 5) is 39.1. The third-order valence-corrected chi connectivity index (χ3v) is 6.93. The van der Waals surface area contributed by atoms with Gasteiger partial charge in [-0.2, -0.15) is 0 Å². The van der Waals surface area contributed by atoms with Crippen LogP contribution in [0.1, 0.15) is 137 Å².